The van der Waals surface area contributed by atoms with E-state index < -0.39 is 0 Å². The fourth-order valence-electron chi connectivity index (χ4n) is 1.53. The number of nitrogens with one attached hydrogen (secondary N) is 1. The first-order valence-corrected chi connectivity index (χ1v) is 5.40. The van der Waals surface area contributed by atoms with Crippen molar-refractivity contribution in [3.05, 3.63) is 18.0 Å². The topological polar surface area (TPSA) is 46.9 Å². The number of aryl methyl sites for hydroxylation is 1. The molecule has 0 aromatic carbocycles. The standard InChI is InChI=1S/C11H19N3O/c1-4-5-14-8-10(7-13-14)11(15)9(2)6-12-3/h7-9,12H,4-6H2,1-3H3. The van der Waals surface area contributed by atoms with E-state index in [1.165, 1.54) is 0 Å². The predicted octanol–water partition coefficient (Wildman–Crippen LogP) is 1.33. The van der Waals surface area contributed by atoms with Crippen LogP contribution in [0, 0.1) is 5.92 Å². The quantitative estimate of drug-likeness (QED) is 0.719. The molecule has 1 aromatic heterocycles. The van der Waals surface area contributed by atoms with Gasteiger partial charge in [-0.2, -0.15) is 5.10 Å². The number of Topliss-reactive ketones (excluding diaryl/α,β-unsaturated/α-hetero) is 1. The van der Waals surface area contributed by atoms with E-state index in [-0.39, 0.29) is 11.7 Å². The lowest BCUT2D eigenvalue weighted by atomic mass is 10.0. The van der Waals surface area contributed by atoms with Crippen molar-refractivity contribution in [2.45, 2.75) is 26.8 Å². The van der Waals surface area contributed by atoms with Crippen LogP contribution in [0.15, 0.2) is 12.4 Å². The molecule has 1 atom stereocenters. The largest absolute Gasteiger partial charge is 0.319 e. The van der Waals surface area contributed by atoms with Gasteiger partial charge in [-0.05, 0) is 13.5 Å². The molecule has 84 valence electrons. The number of carbonyl (C=O) groups is 1. The highest BCUT2D eigenvalue weighted by molar-refractivity contribution is 5.97. The molecule has 1 rings (SSSR count). The second kappa shape index (κ2) is 5.66. The second-order valence-corrected chi connectivity index (χ2v) is 3.82. The molecule has 0 aliphatic carbocycles. The highest BCUT2D eigenvalue weighted by Gasteiger charge is 2.15. The van der Waals surface area contributed by atoms with Crippen LogP contribution in [0.1, 0.15) is 30.6 Å². The van der Waals surface area contributed by atoms with Crippen molar-refractivity contribution in [2.24, 2.45) is 5.92 Å². The summed E-state index contributed by atoms with van der Waals surface area (Å²) < 4.78 is 1.82. The zero-order valence-corrected chi connectivity index (χ0v) is 9.66. The first kappa shape index (κ1) is 11.9. The molecule has 0 spiro atoms. The second-order valence-electron chi connectivity index (χ2n) is 3.82. The molecule has 1 N–H and O–H groups in total. The Labute approximate surface area is 90.7 Å². The summed E-state index contributed by atoms with van der Waals surface area (Å²) in [7, 11) is 1.85. The van der Waals surface area contributed by atoms with Crippen molar-refractivity contribution >= 4 is 5.78 Å². The lowest BCUT2D eigenvalue weighted by Crippen LogP contribution is -2.23. The first-order valence-electron chi connectivity index (χ1n) is 5.40. The Balaban J connectivity index is 2.65. The smallest absolute Gasteiger partial charge is 0.170 e. The van der Waals surface area contributed by atoms with Crippen molar-refractivity contribution in [1.82, 2.24) is 15.1 Å². The van der Waals surface area contributed by atoms with Gasteiger partial charge in [0.25, 0.3) is 0 Å². The van der Waals surface area contributed by atoms with Crippen LogP contribution in [0.4, 0.5) is 0 Å². The van der Waals surface area contributed by atoms with E-state index in [4.69, 9.17) is 0 Å². The number of carbonyl (C=O) groups excluding carboxylic acids is 1. The third-order valence-corrected chi connectivity index (χ3v) is 2.33. The minimum atomic E-state index is 0.00859. The Hall–Kier alpha value is -1.16. The summed E-state index contributed by atoms with van der Waals surface area (Å²) in [6.07, 6.45) is 4.52. The molecule has 0 radical (unpaired) electrons. The molecule has 0 saturated heterocycles. The number of ketones is 1. The van der Waals surface area contributed by atoms with Gasteiger partial charge in [0.15, 0.2) is 5.78 Å². The van der Waals surface area contributed by atoms with Gasteiger partial charge in [0.2, 0.25) is 0 Å². The average Bonchev–Trinajstić information content (AvgIpc) is 2.66. The maximum atomic E-state index is 11.9. The van der Waals surface area contributed by atoms with E-state index in [1.807, 2.05) is 24.9 Å². The van der Waals surface area contributed by atoms with Gasteiger partial charge in [0.05, 0.1) is 11.8 Å². The predicted molar refractivity (Wildman–Crippen MR) is 59.9 cm³/mol. The summed E-state index contributed by atoms with van der Waals surface area (Å²) in [4.78, 5) is 11.9. The van der Waals surface area contributed by atoms with Gasteiger partial charge >= 0.3 is 0 Å². The Bertz CT molecular complexity index is 319. The average molecular weight is 209 g/mol. The van der Waals surface area contributed by atoms with E-state index in [9.17, 15) is 4.79 Å². The number of hydrogen-bond acceptors (Lipinski definition) is 3. The molecule has 1 heterocycles. The van der Waals surface area contributed by atoms with Crippen LogP contribution in [0.5, 0.6) is 0 Å². The Morgan fingerprint density at radius 2 is 2.40 bits per heavy atom. The molecule has 15 heavy (non-hydrogen) atoms. The summed E-state index contributed by atoms with van der Waals surface area (Å²) in [5, 5.41) is 7.15. The van der Waals surface area contributed by atoms with E-state index in [0.717, 1.165) is 13.0 Å². The molecule has 0 aliphatic rings. The Morgan fingerprint density at radius 3 is 3.00 bits per heavy atom. The minimum Gasteiger partial charge on any atom is -0.319 e. The lowest BCUT2D eigenvalue weighted by Gasteiger charge is -2.07. The lowest BCUT2D eigenvalue weighted by molar-refractivity contribution is 0.0930. The van der Waals surface area contributed by atoms with E-state index in [0.29, 0.717) is 12.1 Å². The van der Waals surface area contributed by atoms with Crippen molar-refractivity contribution < 1.29 is 4.79 Å². The molecule has 1 aromatic rings. The maximum absolute atomic E-state index is 11.9. The number of rotatable bonds is 6. The van der Waals surface area contributed by atoms with Crippen molar-refractivity contribution in [3.63, 3.8) is 0 Å². The number of hydrogen-bond donors (Lipinski definition) is 1. The Kier molecular flexibility index (Phi) is 4.49. The molecule has 0 saturated carbocycles. The van der Waals surface area contributed by atoms with Crippen molar-refractivity contribution in [3.8, 4) is 0 Å². The van der Waals surface area contributed by atoms with Crippen LogP contribution in [0.25, 0.3) is 0 Å². The van der Waals surface area contributed by atoms with Crippen LogP contribution in [0.2, 0.25) is 0 Å². The fraction of sp³-hybridized carbons (Fsp3) is 0.636. The maximum Gasteiger partial charge on any atom is 0.170 e. The molecular formula is C11H19N3O. The summed E-state index contributed by atoms with van der Waals surface area (Å²) in [5.74, 6) is 0.168. The van der Waals surface area contributed by atoms with E-state index in [2.05, 4.69) is 17.3 Å². The molecule has 0 amide bonds. The van der Waals surface area contributed by atoms with Crippen LogP contribution < -0.4 is 5.32 Å². The van der Waals surface area contributed by atoms with Crippen LogP contribution >= 0.6 is 0 Å². The molecule has 0 fully saturated rings. The van der Waals surface area contributed by atoms with Crippen LogP contribution in [-0.2, 0) is 6.54 Å². The molecule has 0 aliphatic heterocycles. The van der Waals surface area contributed by atoms with Crippen molar-refractivity contribution in [1.29, 1.82) is 0 Å². The van der Waals surface area contributed by atoms with Gasteiger partial charge in [0, 0.05) is 25.2 Å². The van der Waals surface area contributed by atoms with E-state index >= 15 is 0 Å². The number of aromatic nitrogens is 2. The van der Waals surface area contributed by atoms with Crippen LogP contribution in [0.3, 0.4) is 0 Å². The zero-order valence-electron chi connectivity index (χ0n) is 9.66. The number of nitrogens with zero attached hydrogens (tertiary/aromatic N) is 2. The summed E-state index contributed by atoms with van der Waals surface area (Å²) in [5.41, 5.74) is 0.714. The van der Waals surface area contributed by atoms with Gasteiger partial charge in [-0.15, -0.1) is 0 Å². The monoisotopic (exact) mass is 209 g/mol. The molecule has 4 nitrogen and oxygen atoms in total. The summed E-state index contributed by atoms with van der Waals surface area (Å²) >= 11 is 0. The fourth-order valence-corrected chi connectivity index (χ4v) is 1.53. The SMILES string of the molecule is CCCn1cc(C(=O)C(C)CNC)cn1. The highest BCUT2D eigenvalue weighted by atomic mass is 16.1. The summed E-state index contributed by atoms with van der Waals surface area (Å²) in [6, 6.07) is 0. The van der Waals surface area contributed by atoms with Crippen LogP contribution in [-0.4, -0.2) is 29.2 Å². The Morgan fingerprint density at radius 1 is 1.67 bits per heavy atom. The molecule has 1 unspecified atom stereocenters. The van der Waals surface area contributed by atoms with E-state index in [1.54, 1.807) is 6.20 Å². The van der Waals surface area contributed by atoms with Crippen molar-refractivity contribution in [2.75, 3.05) is 13.6 Å². The van der Waals surface area contributed by atoms with Gasteiger partial charge in [0.1, 0.15) is 0 Å². The first-order chi connectivity index (χ1) is 7.19. The zero-order chi connectivity index (χ0) is 11.3. The van der Waals surface area contributed by atoms with Gasteiger partial charge in [-0.1, -0.05) is 13.8 Å². The molecular weight excluding hydrogens is 190 g/mol. The normalized spacial score (nSPS) is 12.7. The molecule has 4 heteroatoms. The summed E-state index contributed by atoms with van der Waals surface area (Å²) in [6.45, 7) is 5.59. The van der Waals surface area contributed by atoms with Gasteiger partial charge in [-0.25, -0.2) is 0 Å². The molecule has 0 bridgehead atoms. The third-order valence-electron chi connectivity index (χ3n) is 2.33. The highest BCUT2D eigenvalue weighted by Crippen LogP contribution is 2.07. The van der Waals surface area contributed by atoms with Gasteiger partial charge < -0.3 is 5.32 Å². The van der Waals surface area contributed by atoms with Gasteiger partial charge in [-0.3, -0.25) is 9.48 Å². The third kappa shape index (κ3) is 3.16. The minimum absolute atomic E-state index is 0.00859.